The topological polar surface area (TPSA) is 123 Å². The SMILES string of the molecule is CCC1(CC)NC(=O)N(CC(=O)O[C@H](C)C(=O)Nc2ccc3c(c2)OCCO3)C1=O. The number of ether oxygens (including phenoxy) is 3. The van der Waals surface area contributed by atoms with Crippen LogP contribution in [0.15, 0.2) is 18.2 Å². The van der Waals surface area contributed by atoms with E-state index in [9.17, 15) is 19.2 Å². The van der Waals surface area contributed by atoms with E-state index >= 15 is 0 Å². The van der Waals surface area contributed by atoms with Gasteiger partial charge in [0, 0.05) is 11.8 Å². The fourth-order valence-corrected chi connectivity index (χ4v) is 3.33. The fourth-order valence-electron chi connectivity index (χ4n) is 3.33. The van der Waals surface area contributed by atoms with Crippen molar-refractivity contribution in [2.75, 3.05) is 25.1 Å². The number of amides is 4. The standard InChI is InChI=1S/C20H25N3O7/c1-4-20(5-2)18(26)23(19(27)22-20)11-16(24)30-12(3)17(25)21-13-6-7-14-15(10-13)29-9-8-28-14/h6-7,10,12H,4-5,8-9,11H2,1-3H3,(H,21,25)(H,22,27)/t12-/m1/s1. The Balaban J connectivity index is 1.56. The Labute approximate surface area is 173 Å². The highest BCUT2D eigenvalue weighted by atomic mass is 16.6. The molecule has 0 bridgehead atoms. The lowest BCUT2D eigenvalue weighted by Gasteiger charge is -2.23. The number of carbonyl (C=O) groups excluding carboxylic acids is 4. The van der Waals surface area contributed by atoms with Crippen molar-refractivity contribution in [3.63, 3.8) is 0 Å². The third-order valence-corrected chi connectivity index (χ3v) is 5.23. The summed E-state index contributed by atoms with van der Waals surface area (Å²) in [6.45, 7) is 5.29. The fraction of sp³-hybridized carbons (Fsp3) is 0.500. The zero-order chi connectivity index (χ0) is 21.9. The molecule has 2 aliphatic rings. The van der Waals surface area contributed by atoms with Crippen molar-refractivity contribution in [3.8, 4) is 11.5 Å². The third-order valence-electron chi connectivity index (χ3n) is 5.23. The minimum atomic E-state index is -1.13. The number of nitrogens with one attached hydrogen (secondary N) is 2. The molecule has 2 heterocycles. The molecule has 3 rings (SSSR count). The molecule has 1 saturated heterocycles. The second-order valence-electron chi connectivity index (χ2n) is 7.09. The van der Waals surface area contributed by atoms with Gasteiger partial charge >= 0.3 is 12.0 Å². The quantitative estimate of drug-likeness (QED) is 0.506. The first-order valence-corrected chi connectivity index (χ1v) is 9.83. The van der Waals surface area contributed by atoms with Gasteiger partial charge in [0.1, 0.15) is 25.3 Å². The smallest absolute Gasteiger partial charge is 0.327 e. The Morgan fingerprint density at radius 2 is 1.87 bits per heavy atom. The molecule has 2 aliphatic heterocycles. The maximum absolute atomic E-state index is 12.5. The van der Waals surface area contributed by atoms with Crippen LogP contribution in [0, 0.1) is 0 Å². The van der Waals surface area contributed by atoms with Gasteiger partial charge < -0.3 is 24.8 Å². The molecule has 1 aromatic rings. The van der Waals surface area contributed by atoms with Crippen molar-refractivity contribution in [2.45, 2.75) is 45.3 Å². The Morgan fingerprint density at radius 1 is 1.20 bits per heavy atom. The summed E-state index contributed by atoms with van der Waals surface area (Å²) in [7, 11) is 0. The highest BCUT2D eigenvalue weighted by molar-refractivity contribution is 6.08. The maximum Gasteiger partial charge on any atom is 0.327 e. The van der Waals surface area contributed by atoms with E-state index in [2.05, 4.69) is 10.6 Å². The maximum atomic E-state index is 12.5. The van der Waals surface area contributed by atoms with Crippen LogP contribution in [0.25, 0.3) is 0 Å². The highest BCUT2D eigenvalue weighted by Crippen LogP contribution is 2.32. The molecule has 162 valence electrons. The largest absolute Gasteiger partial charge is 0.486 e. The van der Waals surface area contributed by atoms with Gasteiger partial charge in [-0.2, -0.15) is 0 Å². The molecule has 4 amide bonds. The Hall–Kier alpha value is -3.30. The van der Waals surface area contributed by atoms with Gasteiger partial charge in [-0.25, -0.2) is 4.79 Å². The monoisotopic (exact) mass is 419 g/mol. The van der Waals surface area contributed by atoms with Gasteiger partial charge in [-0.3, -0.25) is 19.3 Å². The Morgan fingerprint density at radius 3 is 2.50 bits per heavy atom. The number of benzene rings is 1. The summed E-state index contributed by atoms with van der Waals surface area (Å²) in [5, 5.41) is 5.26. The first-order chi connectivity index (χ1) is 14.3. The van der Waals surface area contributed by atoms with E-state index in [4.69, 9.17) is 14.2 Å². The van der Waals surface area contributed by atoms with Crippen molar-refractivity contribution < 1.29 is 33.4 Å². The number of hydrogen-bond acceptors (Lipinski definition) is 7. The summed E-state index contributed by atoms with van der Waals surface area (Å²) in [6, 6.07) is 4.28. The minimum absolute atomic E-state index is 0.411. The third kappa shape index (κ3) is 4.17. The van der Waals surface area contributed by atoms with Crippen LogP contribution in [0.4, 0.5) is 10.5 Å². The van der Waals surface area contributed by atoms with E-state index in [-0.39, 0.29) is 0 Å². The van der Waals surface area contributed by atoms with Gasteiger partial charge in [-0.05, 0) is 31.9 Å². The van der Waals surface area contributed by atoms with Crippen LogP contribution in [0.2, 0.25) is 0 Å². The highest BCUT2D eigenvalue weighted by Gasteiger charge is 2.49. The van der Waals surface area contributed by atoms with Crippen molar-refractivity contribution in [3.05, 3.63) is 18.2 Å². The summed E-state index contributed by atoms with van der Waals surface area (Å²) in [5.74, 6) is -0.789. The molecular weight excluding hydrogens is 394 g/mol. The van der Waals surface area contributed by atoms with Crippen molar-refractivity contribution in [1.29, 1.82) is 0 Å². The Kier molecular flexibility index (Phi) is 6.14. The Bertz CT molecular complexity index is 866. The van der Waals surface area contributed by atoms with Crippen molar-refractivity contribution in [1.82, 2.24) is 10.2 Å². The van der Waals surface area contributed by atoms with E-state index in [0.717, 1.165) is 4.90 Å². The van der Waals surface area contributed by atoms with Gasteiger partial charge in [-0.15, -0.1) is 0 Å². The van der Waals surface area contributed by atoms with Crippen LogP contribution < -0.4 is 20.1 Å². The normalized spacial score (nSPS) is 17.9. The molecule has 30 heavy (non-hydrogen) atoms. The van der Waals surface area contributed by atoms with Gasteiger partial charge in [0.25, 0.3) is 11.8 Å². The number of anilines is 1. The lowest BCUT2D eigenvalue weighted by molar-refractivity contribution is -0.155. The molecular formula is C20H25N3O7. The zero-order valence-electron chi connectivity index (χ0n) is 17.1. The van der Waals surface area contributed by atoms with E-state index < -0.39 is 42.0 Å². The number of urea groups is 1. The van der Waals surface area contributed by atoms with Gasteiger partial charge in [0.15, 0.2) is 17.6 Å². The predicted molar refractivity (Wildman–Crippen MR) is 105 cm³/mol. The van der Waals surface area contributed by atoms with Gasteiger partial charge in [0.05, 0.1) is 0 Å². The van der Waals surface area contributed by atoms with Gasteiger partial charge in [-0.1, -0.05) is 13.8 Å². The van der Waals surface area contributed by atoms with Crippen LogP contribution in [0.3, 0.4) is 0 Å². The van der Waals surface area contributed by atoms with Crippen LogP contribution in [-0.4, -0.2) is 60.1 Å². The number of rotatable bonds is 7. The number of imide groups is 1. The zero-order valence-corrected chi connectivity index (χ0v) is 17.1. The second kappa shape index (κ2) is 8.60. The van der Waals surface area contributed by atoms with E-state index in [1.165, 1.54) is 6.92 Å². The summed E-state index contributed by atoms with van der Waals surface area (Å²) < 4.78 is 16.0. The van der Waals surface area contributed by atoms with Crippen molar-refractivity contribution in [2.24, 2.45) is 0 Å². The number of carbonyl (C=O) groups is 4. The molecule has 2 N–H and O–H groups in total. The number of esters is 1. The van der Waals surface area contributed by atoms with E-state index in [0.29, 0.717) is 43.2 Å². The average Bonchev–Trinajstić information content (AvgIpc) is 2.98. The molecule has 0 aromatic heterocycles. The minimum Gasteiger partial charge on any atom is -0.486 e. The molecule has 10 heteroatoms. The molecule has 0 radical (unpaired) electrons. The molecule has 10 nitrogen and oxygen atoms in total. The lowest BCUT2D eigenvalue weighted by Crippen LogP contribution is -2.46. The summed E-state index contributed by atoms with van der Waals surface area (Å²) in [6.07, 6.45) is -0.310. The summed E-state index contributed by atoms with van der Waals surface area (Å²) in [5.41, 5.74) is -0.546. The summed E-state index contributed by atoms with van der Waals surface area (Å²) in [4.78, 5) is 50.1. The number of fused-ring (bicyclic) bond motifs is 1. The number of nitrogens with zero attached hydrogens (tertiary/aromatic N) is 1. The van der Waals surface area contributed by atoms with Crippen molar-refractivity contribution >= 4 is 29.5 Å². The predicted octanol–water partition coefficient (Wildman–Crippen LogP) is 1.44. The van der Waals surface area contributed by atoms with Crippen LogP contribution in [0.1, 0.15) is 33.6 Å². The van der Waals surface area contributed by atoms with Crippen LogP contribution in [0.5, 0.6) is 11.5 Å². The van der Waals surface area contributed by atoms with Crippen LogP contribution in [-0.2, 0) is 19.1 Å². The van der Waals surface area contributed by atoms with E-state index in [1.54, 1.807) is 32.0 Å². The molecule has 0 unspecified atom stereocenters. The first-order valence-electron chi connectivity index (χ1n) is 9.83. The number of hydrogen-bond donors (Lipinski definition) is 2. The summed E-state index contributed by atoms with van der Waals surface area (Å²) >= 11 is 0. The molecule has 1 fully saturated rings. The molecule has 0 saturated carbocycles. The van der Waals surface area contributed by atoms with E-state index in [1.807, 2.05) is 0 Å². The van der Waals surface area contributed by atoms with Crippen LogP contribution >= 0.6 is 0 Å². The average molecular weight is 419 g/mol. The molecule has 0 spiro atoms. The van der Waals surface area contributed by atoms with Gasteiger partial charge in [0.2, 0.25) is 0 Å². The molecule has 1 aromatic carbocycles. The molecule has 1 atom stereocenters. The second-order valence-corrected chi connectivity index (χ2v) is 7.09. The first kappa shape index (κ1) is 21.4. The lowest BCUT2D eigenvalue weighted by atomic mass is 9.93. The molecule has 0 aliphatic carbocycles.